The first-order valence-corrected chi connectivity index (χ1v) is 19.2. The first-order valence-electron chi connectivity index (χ1n) is 19.2. The fraction of sp³-hybridized carbons (Fsp3) is 0.476. The number of carbonyl (C=O) groups is 1. The van der Waals surface area contributed by atoms with Crippen molar-refractivity contribution < 1.29 is 14.3 Å². The largest absolute Gasteiger partial charge is 0.377 e. The molecule has 10 heteroatoms. The molecule has 52 heavy (non-hydrogen) atoms. The van der Waals surface area contributed by atoms with E-state index in [1.807, 2.05) is 18.2 Å². The van der Waals surface area contributed by atoms with E-state index in [2.05, 4.69) is 81.9 Å². The molecule has 10 nitrogen and oxygen atoms in total. The van der Waals surface area contributed by atoms with Gasteiger partial charge in [0, 0.05) is 37.7 Å². The van der Waals surface area contributed by atoms with Gasteiger partial charge in [-0.25, -0.2) is 0 Å². The van der Waals surface area contributed by atoms with Gasteiger partial charge in [0.15, 0.2) is 0 Å². The zero-order chi connectivity index (χ0) is 35.4. The third-order valence-electron chi connectivity index (χ3n) is 11.0. The second kappa shape index (κ2) is 17.8. The van der Waals surface area contributed by atoms with Gasteiger partial charge in [-0.2, -0.15) is 15.0 Å². The minimum absolute atomic E-state index is 0.0992. The van der Waals surface area contributed by atoms with Gasteiger partial charge in [-0.15, -0.1) is 0 Å². The average Bonchev–Trinajstić information content (AvgIpc) is 3.17. The van der Waals surface area contributed by atoms with Gasteiger partial charge in [-0.3, -0.25) is 4.79 Å². The van der Waals surface area contributed by atoms with Crippen LogP contribution < -0.4 is 21.3 Å². The van der Waals surface area contributed by atoms with Gasteiger partial charge in [0.25, 0.3) is 5.91 Å². The molecular formula is C42H53N7O3. The van der Waals surface area contributed by atoms with Crippen molar-refractivity contribution in [3.8, 4) is 0 Å². The predicted octanol–water partition coefficient (Wildman–Crippen LogP) is 7.01. The Morgan fingerprint density at radius 3 is 1.65 bits per heavy atom. The standard InChI is InChI=1S/C42H53N7O3/c50-38(36-14-8-3-9-15-36)43-18-20-51-22-23-52-21-19-45-40-47-39(44-17-16-37(34-10-4-1-5-11-34)35-12-6-2-7-13-35)48-41(49-40)46-30-42-27-31-24-32(28-42)26-33(25-31)29-42/h1-15,31-33,37H,16-30H2,(H,43,50)(H3,44,45,46,47,48,49). The number of nitrogens with zero attached hydrogens (tertiary/aromatic N) is 3. The third kappa shape index (κ3) is 9.86. The molecule has 0 aliphatic heterocycles. The number of ether oxygens (including phenoxy) is 2. The van der Waals surface area contributed by atoms with E-state index in [1.165, 1.54) is 49.7 Å². The van der Waals surface area contributed by atoms with Crippen LogP contribution in [0.15, 0.2) is 91.0 Å². The van der Waals surface area contributed by atoms with Crippen LogP contribution in [0.1, 0.15) is 72.3 Å². The average molecular weight is 704 g/mol. The van der Waals surface area contributed by atoms with Crippen molar-refractivity contribution in [2.24, 2.45) is 23.2 Å². The highest BCUT2D eigenvalue weighted by Crippen LogP contribution is 2.59. The van der Waals surface area contributed by atoms with Crippen LogP contribution in [0.25, 0.3) is 0 Å². The molecule has 3 aromatic carbocycles. The molecule has 274 valence electrons. The van der Waals surface area contributed by atoms with E-state index < -0.39 is 0 Å². The number of hydrogen-bond donors (Lipinski definition) is 4. The maximum absolute atomic E-state index is 12.1. The first kappa shape index (κ1) is 35.8. The van der Waals surface area contributed by atoms with Gasteiger partial charge in [-0.05, 0) is 91.4 Å². The van der Waals surface area contributed by atoms with Crippen molar-refractivity contribution in [3.63, 3.8) is 0 Å². The topological polar surface area (TPSA) is 122 Å². The molecule has 8 rings (SSSR count). The van der Waals surface area contributed by atoms with E-state index in [1.54, 1.807) is 12.1 Å². The smallest absolute Gasteiger partial charge is 0.251 e. The summed E-state index contributed by atoms with van der Waals surface area (Å²) in [6.45, 7) is 4.45. The van der Waals surface area contributed by atoms with E-state index in [0.717, 1.165) is 30.7 Å². The predicted molar refractivity (Wildman–Crippen MR) is 206 cm³/mol. The van der Waals surface area contributed by atoms with E-state index >= 15 is 0 Å². The Hall–Kier alpha value is -4.54. The Morgan fingerprint density at radius 2 is 1.10 bits per heavy atom. The SMILES string of the molecule is O=C(NCCOCCOCCNc1nc(NCCC(c2ccccc2)c2ccccc2)nc(NCC23CC4CC(CC(C4)C2)C3)n1)c1ccccc1. The number of benzene rings is 3. The molecule has 4 N–H and O–H groups in total. The zero-order valence-electron chi connectivity index (χ0n) is 30.1. The highest BCUT2D eigenvalue weighted by molar-refractivity contribution is 5.94. The van der Waals surface area contributed by atoms with Crippen LogP contribution in [0.2, 0.25) is 0 Å². The summed E-state index contributed by atoms with van der Waals surface area (Å²) in [7, 11) is 0. The minimum Gasteiger partial charge on any atom is -0.377 e. The quantitative estimate of drug-likeness (QED) is 0.0721. The number of anilines is 3. The molecule has 1 amide bonds. The van der Waals surface area contributed by atoms with Gasteiger partial charge in [-0.1, -0.05) is 78.9 Å². The van der Waals surface area contributed by atoms with E-state index in [9.17, 15) is 4.79 Å². The molecule has 1 heterocycles. The second-order valence-corrected chi connectivity index (χ2v) is 14.9. The molecule has 4 bridgehead atoms. The fourth-order valence-electron chi connectivity index (χ4n) is 9.10. The first-order chi connectivity index (χ1) is 25.6. The van der Waals surface area contributed by atoms with Gasteiger partial charge in [0.2, 0.25) is 17.8 Å². The molecule has 0 spiro atoms. The van der Waals surface area contributed by atoms with Crippen LogP contribution >= 0.6 is 0 Å². The molecule has 4 fully saturated rings. The molecule has 4 aliphatic carbocycles. The molecule has 1 aromatic heterocycles. The van der Waals surface area contributed by atoms with Crippen molar-refractivity contribution in [1.29, 1.82) is 0 Å². The number of nitrogens with one attached hydrogen (secondary N) is 4. The number of hydrogen-bond acceptors (Lipinski definition) is 9. The van der Waals surface area contributed by atoms with Crippen LogP contribution in [0.3, 0.4) is 0 Å². The lowest BCUT2D eigenvalue weighted by molar-refractivity contribution is -0.0445. The number of amides is 1. The van der Waals surface area contributed by atoms with Crippen molar-refractivity contribution in [3.05, 3.63) is 108 Å². The third-order valence-corrected chi connectivity index (χ3v) is 11.0. The van der Waals surface area contributed by atoms with Crippen molar-refractivity contribution in [2.75, 3.05) is 68.6 Å². The summed E-state index contributed by atoms with van der Waals surface area (Å²) >= 11 is 0. The highest BCUT2D eigenvalue weighted by Gasteiger charge is 2.50. The van der Waals surface area contributed by atoms with E-state index in [0.29, 0.717) is 74.9 Å². The lowest BCUT2D eigenvalue weighted by Crippen LogP contribution is -2.49. The van der Waals surface area contributed by atoms with Gasteiger partial charge >= 0.3 is 0 Å². The molecule has 4 saturated carbocycles. The summed E-state index contributed by atoms with van der Waals surface area (Å²) < 4.78 is 11.4. The summed E-state index contributed by atoms with van der Waals surface area (Å²) in [5, 5.41) is 13.4. The van der Waals surface area contributed by atoms with Crippen LogP contribution in [0, 0.1) is 23.2 Å². The Bertz CT molecular complexity index is 1620. The molecule has 0 saturated heterocycles. The molecule has 4 aliphatic rings. The lowest BCUT2D eigenvalue weighted by atomic mass is 9.49. The normalized spacial score (nSPS) is 21.6. The molecule has 0 atom stereocenters. The number of carbonyl (C=O) groups excluding carboxylic acids is 1. The fourth-order valence-corrected chi connectivity index (χ4v) is 9.10. The van der Waals surface area contributed by atoms with Crippen LogP contribution in [-0.2, 0) is 9.47 Å². The minimum atomic E-state index is -0.0992. The molecular weight excluding hydrogens is 651 g/mol. The van der Waals surface area contributed by atoms with Gasteiger partial charge in [0.05, 0.1) is 26.4 Å². The molecule has 0 radical (unpaired) electrons. The maximum atomic E-state index is 12.1. The van der Waals surface area contributed by atoms with E-state index in [-0.39, 0.29) is 11.8 Å². The van der Waals surface area contributed by atoms with Crippen LogP contribution in [-0.4, -0.2) is 73.5 Å². The van der Waals surface area contributed by atoms with Gasteiger partial charge in [0.1, 0.15) is 0 Å². The lowest BCUT2D eigenvalue weighted by Gasteiger charge is -2.56. The Morgan fingerprint density at radius 1 is 0.615 bits per heavy atom. The van der Waals surface area contributed by atoms with Crippen molar-refractivity contribution >= 4 is 23.8 Å². The van der Waals surface area contributed by atoms with Crippen LogP contribution in [0.4, 0.5) is 17.8 Å². The number of rotatable bonds is 20. The van der Waals surface area contributed by atoms with Crippen molar-refractivity contribution in [1.82, 2.24) is 20.3 Å². The molecule has 4 aromatic rings. The monoisotopic (exact) mass is 703 g/mol. The van der Waals surface area contributed by atoms with Crippen LogP contribution in [0.5, 0.6) is 0 Å². The number of aromatic nitrogens is 3. The van der Waals surface area contributed by atoms with Crippen molar-refractivity contribution in [2.45, 2.75) is 50.9 Å². The van der Waals surface area contributed by atoms with Gasteiger partial charge < -0.3 is 30.7 Å². The second-order valence-electron chi connectivity index (χ2n) is 14.9. The zero-order valence-corrected chi connectivity index (χ0v) is 30.1. The Balaban J connectivity index is 0.904. The summed E-state index contributed by atoms with van der Waals surface area (Å²) in [6.07, 6.45) is 9.18. The maximum Gasteiger partial charge on any atom is 0.251 e. The summed E-state index contributed by atoms with van der Waals surface area (Å²) in [6, 6.07) is 30.6. The van der Waals surface area contributed by atoms with E-state index in [4.69, 9.17) is 24.4 Å². The summed E-state index contributed by atoms with van der Waals surface area (Å²) in [4.78, 5) is 26.5. The Labute approximate surface area is 307 Å². The summed E-state index contributed by atoms with van der Waals surface area (Å²) in [5.41, 5.74) is 3.60. The highest BCUT2D eigenvalue weighted by atomic mass is 16.5. The Kier molecular flexibility index (Phi) is 12.3. The summed E-state index contributed by atoms with van der Waals surface area (Å²) in [5.74, 6) is 4.57. The molecule has 0 unspecified atom stereocenters.